The lowest BCUT2D eigenvalue weighted by Gasteiger charge is -2.19. The number of aryl methyl sites for hydroxylation is 2. The molecule has 6 nitrogen and oxygen atoms in total. The quantitative estimate of drug-likeness (QED) is 0.304. The van der Waals surface area contributed by atoms with Gasteiger partial charge in [-0.3, -0.25) is 4.79 Å². The van der Waals surface area contributed by atoms with Crippen LogP contribution in [0.5, 0.6) is 0 Å². The van der Waals surface area contributed by atoms with Crippen LogP contribution in [-0.4, -0.2) is 39.6 Å². The van der Waals surface area contributed by atoms with Gasteiger partial charge in [0.15, 0.2) is 16.1 Å². The van der Waals surface area contributed by atoms with E-state index >= 15 is 0 Å². The number of hydrogen-bond acceptors (Lipinski definition) is 5. The minimum absolute atomic E-state index is 0.0318. The van der Waals surface area contributed by atoms with Gasteiger partial charge in [0.05, 0.1) is 29.4 Å². The van der Waals surface area contributed by atoms with Crippen LogP contribution in [0.1, 0.15) is 54.2 Å². The van der Waals surface area contributed by atoms with Crippen molar-refractivity contribution in [3.63, 3.8) is 0 Å². The first-order valence-electron chi connectivity index (χ1n) is 13.3. The average Bonchev–Trinajstić information content (AvgIpc) is 3.39. The number of alkyl halides is 3. The van der Waals surface area contributed by atoms with Gasteiger partial charge >= 0.3 is 6.18 Å². The highest BCUT2D eigenvalue weighted by atomic mass is 32.2. The largest absolute Gasteiger partial charge is 0.417 e. The summed E-state index contributed by atoms with van der Waals surface area (Å²) in [7, 11) is -3.55. The molecule has 0 atom stereocenters. The number of ether oxygens (including phenoxy) is 2. The molecule has 0 unspecified atom stereocenters. The minimum Gasteiger partial charge on any atom is -0.350 e. The molecule has 0 aromatic heterocycles. The molecular formula is C31H34F3NO5S. The van der Waals surface area contributed by atoms with Crippen LogP contribution in [0.4, 0.5) is 18.9 Å². The molecule has 41 heavy (non-hydrogen) atoms. The summed E-state index contributed by atoms with van der Waals surface area (Å²) >= 11 is 0. The van der Waals surface area contributed by atoms with Crippen molar-refractivity contribution in [2.75, 3.05) is 24.3 Å². The van der Waals surface area contributed by atoms with Crippen molar-refractivity contribution in [1.29, 1.82) is 0 Å². The maximum absolute atomic E-state index is 13.8. The summed E-state index contributed by atoms with van der Waals surface area (Å²) < 4.78 is 78.2. The predicted octanol–water partition coefficient (Wildman–Crippen LogP) is 7.06. The van der Waals surface area contributed by atoms with E-state index in [0.29, 0.717) is 48.4 Å². The Morgan fingerprint density at radius 2 is 1.63 bits per heavy atom. The average molecular weight is 590 g/mol. The Kier molecular flexibility index (Phi) is 8.96. The molecule has 4 rings (SSSR count). The van der Waals surface area contributed by atoms with Crippen LogP contribution in [0.15, 0.2) is 65.6 Å². The topological polar surface area (TPSA) is 81.7 Å². The monoisotopic (exact) mass is 589 g/mol. The second kappa shape index (κ2) is 12.0. The number of carbonyl (C=O) groups is 1. The van der Waals surface area contributed by atoms with E-state index in [1.165, 1.54) is 30.3 Å². The Morgan fingerprint density at radius 1 is 0.951 bits per heavy atom. The van der Waals surface area contributed by atoms with E-state index in [2.05, 4.69) is 5.32 Å². The molecule has 10 heteroatoms. The fourth-order valence-corrected chi connectivity index (χ4v) is 7.06. The SMILES string of the molecule is Cc1cc(C(=O)Nc2ccc(-c3ccccc3C(F)(F)F)c(CCC3OCCO3)c2)ccc1S(=O)(=O)CC(C)(C)C. The summed E-state index contributed by atoms with van der Waals surface area (Å²) in [5.74, 6) is -0.500. The number of carbonyl (C=O) groups excluding carboxylic acids is 1. The third-order valence-electron chi connectivity index (χ3n) is 6.62. The highest BCUT2D eigenvalue weighted by Gasteiger charge is 2.34. The van der Waals surface area contributed by atoms with Gasteiger partial charge < -0.3 is 14.8 Å². The molecule has 0 saturated carbocycles. The molecular weight excluding hydrogens is 555 g/mol. The lowest BCUT2D eigenvalue weighted by Crippen LogP contribution is -2.21. The number of rotatable bonds is 8. The van der Waals surface area contributed by atoms with Crippen LogP contribution in [0, 0.1) is 12.3 Å². The van der Waals surface area contributed by atoms with Gasteiger partial charge in [0.2, 0.25) is 0 Å². The Balaban J connectivity index is 1.63. The van der Waals surface area contributed by atoms with Crippen molar-refractivity contribution < 1.29 is 35.9 Å². The van der Waals surface area contributed by atoms with E-state index in [1.54, 1.807) is 31.2 Å². The number of hydrogen-bond donors (Lipinski definition) is 1. The van der Waals surface area contributed by atoms with Crippen molar-refractivity contribution >= 4 is 21.4 Å². The summed E-state index contributed by atoms with van der Waals surface area (Å²) in [5.41, 5.74) is 0.982. The van der Waals surface area contributed by atoms with Crippen molar-refractivity contribution in [1.82, 2.24) is 0 Å². The number of nitrogens with one attached hydrogen (secondary N) is 1. The zero-order chi connectivity index (χ0) is 30.0. The highest BCUT2D eigenvalue weighted by Crippen LogP contribution is 2.39. The Hall–Kier alpha value is -3.21. The van der Waals surface area contributed by atoms with Gasteiger partial charge in [-0.05, 0) is 77.4 Å². The fourth-order valence-electron chi connectivity index (χ4n) is 4.94. The van der Waals surface area contributed by atoms with E-state index in [1.807, 2.05) is 20.8 Å². The predicted molar refractivity (Wildman–Crippen MR) is 152 cm³/mol. The number of anilines is 1. The first-order valence-corrected chi connectivity index (χ1v) is 15.0. The maximum Gasteiger partial charge on any atom is 0.417 e. The summed E-state index contributed by atoms with van der Waals surface area (Å²) in [6.07, 6.45) is -4.20. The molecule has 3 aromatic rings. The van der Waals surface area contributed by atoms with E-state index < -0.39 is 39.2 Å². The van der Waals surface area contributed by atoms with E-state index in [0.717, 1.165) is 6.07 Å². The number of benzene rings is 3. The van der Waals surface area contributed by atoms with Crippen molar-refractivity contribution in [3.8, 4) is 11.1 Å². The first-order chi connectivity index (χ1) is 19.1. The highest BCUT2D eigenvalue weighted by molar-refractivity contribution is 7.91. The van der Waals surface area contributed by atoms with Gasteiger partial charge in [-0.15, -0.1) is 0 Å². The summed E-state index contributed by atoms with van der Waals surface area (Å²) in [4.78, 5) is 13.3. The maximum atomic E-state index is 13.8. The first kappa shape index (κ1) is 30.7. The van der Waals surface area contributed by atoms with Crippen LogP contribution in [-0.2, 0) is 31.9 Å². The summed E-state index contributed by atoms with van der Waals surface area (Å²) in [6, 6.07) is 14.6. The van der Waals surface area contributed by atoms with Gasteiger partial charge in [-0.2, -0.15) is 13.2 Å². The lowest BCUT2D eigenvalue weighted by atomic mass is 9.92. The zero-order valence-electron chi connectivity index (χ0n) is 23.5. The second-order valence-electron chi connectivity index (χ2n) is 11.4. The smallest absolute Gasteiger partial charge is 0.350 e. The number of amides is 1. The van der Waals surface area contributed by atoms with Gasteiger partial charge in [-0.25, -0.2) is 8.42 Å². The van der Waals surface area contributed by atoms with Crippen LogP contribution in [0.3, 0.4) is 0 Å². The van der Waals surface area contributed by atoms with Gasteiger partial charge in [0, 0.05) is 17.7 Å². The molecule has 1 aliphatic heterocycles. The molecule has 1 amide bonds. The summed E-state index contributed by atoms with van der Waals surface area (Å²) in [6.45, 7) is 8.09. The Bertz CT molecular complexity index is 1520. The van der Waals surface area contributed by atoms with Crippen molar-refractivity contribution in [2.24, 2.45) is 5.41 Å². The van der Waals surface area contributed by atoms with Crippen molar-refractivity contribution in [3.05, 3.63) is 82.9 Å². The molecule has 1 fully saturated rings. The lowest BCUT2D eigenvalue weighted by molar-refractivity contribution is -0.137. The van der Waals surface area contributed by atoms with E-state index in [9.17, 15) is 26.4 Å². The number of halogens is 3. The molecule has 0 radical (unpaired) electrons. The second-order valence-corrected chi connectivity index (χ2v) is 13.3. The van der Waals surface area contributed by atoms with E-state index in [-0.39, 0.29) is 21.8 Å². The third-order valence-corrected chi connectivity index (χ3v) is 9.00. The van der Waals surface area contributed by atoms with Gasteiger partial charge in [0.1, 0.15) is 0 Å². The van der Waals surface area contributed by atoms with Crippen LogP contribution < -0.4 is 5.32 Å². The normalized spacial score (nSPS) is 14.8. The standard InChI is InChI=1S/C31H34F3NO5S/c1-20-17-22(9-13-27(20)41(37,38)19-30(2,3)4)29(36)35-23-11-12-24(21(18-23)10-14-28-39-15-16-40-28)25-7-5-6-8-26(25)31(32,33)34/h5-9,11-13,17-18,28H,10,14-16,19H2,1-4H3,(H,35,36). The Labute approximate surface area is 238 Å². The molecule has 220 valence electrons. The Morgan fingerprint density at radius 3 is 2.27 bits per heavy atom. The van der Waals surface area contributed by atoms with Crippen LogP contribution in [0.25, 0.3) is 11.1 Å². The minimum atomic E-state index is -4.54. The molecule has 1 N–H and O–H groups in total. The van der Waals surface area contributed by atoms with Crippen LogP contribution in [0.2, 0.25) is 0 Å². The molecule has 0 bridgehead atoms. The molecule has 0 aliphatic carbocycles. The molecule has 1 aliphatic rings. The fraction of sp³-hybridized carbons (Fsp3) is 0.387. The molecule has 3 aromatic carbocycles. The van der Waals surface area contributed by atoms with Crippen LogP contribution >= 0.6 is 0 Å². The summed E-state index contributed by atoms with van der Waals surface area (Å²) in [5, 5.41) is 2.80. The van der Waals surface area contributed by atoms with Gasteiger partial charge in [0.25, 0.3) is 5.91 Å². The van der Waals surface area contributed by atoms with E-state index in [4.69, 9.17) is 9.47 Å². The van der Waals surface area contributed by atoms with Gasteiger partial charge in [-0.1, -0.05) is 45.0 Å². The zero-order valence-corrected chi connectivity index (χ0v) is 24.3. The number of sulfone groups is 1. The van der Waals surface area contributed by atoms with Crippen molar-refractivity contribution in [2.45, 2.75) is 57.9 Å². The molecule has 1 saturated heterocycles. The molecule has 1 heterocycles. The molecule has 0 spiro atoms. The third kappa shape index (κ3) is 7.75.